The molecule has 5 unspecified atom stereocenters. The second kappa shape index (κ2) is 2.81. The molecule has 84 valence electrons. The summed E-state index contributed by atoms with van der Waals surface area (Å²) in [6, 6.07) is 0. The standard InChI is InChI=1S/C15H24/c1-10-7-8-15-9-12(10)14(3,4)13(15)6-5-11(15)2/h10-13H,5-6,8-9H2,1-4H3. The quantitative estimate of drug-likeness (QED) is 0.555. The van der Waals surface area contributed by atoms with E-state index in [0.717, 1.165) is 23.7 Å². The molecule has 0 aromatic carbocycles. The van der Waals surface area contributed by atoms with Gasteiger partial charge >= 0.3 is 0 Å². The molecular weight excluding hydrogens is 180 g/mol. The van der Waals surface area contributed by atoms with E-state index < -0.39 is 0 Å². The van der Waals surface area contributed by atoms with Gasteiger partial charge in [-0.05, 0) is 66.6 Å². The van der Waals surface area contributed by atoms with E-state index in [0.29, 0.717) is 10.8 Å². The van der Waals surface area contributed by atoms with Gasteiger partial charge in [-0.2, -0.15) is 0 Å². The molecule has 3 rings (SSSR count). The largest absolute Gasteiger partial charge is 0.0620 e. The predicted molar refractivity (Wildman–Crippen MR) is 63.2 cm³/mol. The Labute approximate surface area is 94.8 Å². The van der Waals surface area contributed by atoms with Crippen LogP contribution >= 0.6 is 0 Å². The van der Waals surface area contributed by atoms with Crippen LogP contribution in [-0.2, 0) is 0 Å². The molecule has 0 aliphatic heterocycles. The minimum Gasteiger partial charge on any atom is -0.0620 e. The Kier molecular flexibility index (Phi) is 1.91. The second-order valence-corrected chi connectivity index (χ2v) is 7.07. The second-order valence-electron chi connectivity index (χ2n) is 7.07. The van der Waals surface area contributed by atoms with E-state index in [9.17, 15) is 0 Å². The maximum atomic E-state index is 3.79. The van der Waals surface area contributed by atoms with E-state index in [1.54, 1.807) is 0 Å². The summed E-state index contributed by atoms with van der Waals surface area (Å²) in [6.07, 6.45) is 9.54. The van der Waals surface area contributed by atoms with E-state index in [-0.39, 0.29) is 0 Å². The lowest BCUT2D eigenvalue weighted by atomic mass is 9.66. The number of rotatable bonds is 0. The van der Waals surface area contributed by atoms with Gasteiger partial charge in [-0.3, -0.25) is 0 Å². The van der Waals surface area contributed by atoms with Crippen molar-refractivity contribution in [2.24, 2.45) is 34.5 Å². The van der Waals surface area contributed by atoms with E-state index in [1.165, 1.54) is 25.7 Å². The van der Waals surface area contributed by atoms with E-state index >= 15 is 0 Å². The van der Waals surface area contributed by atoms with Crippen LogP contribution in [0.5, 0.6) is 0 Å². The van der Waals surface area contributed by atoms with Gasteiger partial charge in [0.25, 0.3) is 0 Å². The summed E-state index contributed by atoms with van der Waals surface area (Å²) >= 11 is 0. The molecule has 5 atom stereocenters. The zero-order valence-electron chi connectivity index (χ0n) is 10.6. The molecule has 3 fully saturated rings. The maximum Gasteiger partial charge on any atom is -0.0134 e. The van der Waals surface area contributed by atoms with Crippen LogP contribution in [0.2, 0.25) is 0 Å². The molecule has 0 saturated heterocycles. The van der Waals surface area contributed by atoms with Crippen LogP contribution in [0, 0.1) is 40.9 Å². The predicted octanol–water partition coefficient (Wildman–Crippen LogP) is 4.19. The van der Waals surface area contributed by atoms with Crippen LogP contribution < -0.4 is 0 Å². The lowest BCUT2D eigenvalue weighted by Gasteiger charge is -2.39. The van der Waals surface area contributed by atoms with Gasteiger partial charge in [0.1, 0.15) is 0 Å². The first-order valence-electron chi connectivity index (χ1n) is 6.72. The first-order chi connectivity index (χ1) is 6.98. The summed E-state index contributed by atoms with van der Waals surface area (Å²) in [5.74, 6) is 3.59. The Bertz CT molecular complexity index is 278. The summed E-state index contributed by atoms with van der Waals surface area (Å²) in [5, 5.41) is 0. The Hall–Kier alpha value is 0. The normalized spacial score (nSPS) is 56.8. The number of fused-ring (bicyclic) bond motifs is 1. The van der Waals surface area contributed by atoms with Crippen LogP contribution in [0.3, 0.4) is 0 Å². The van der Waals surface area contributed by atoms with Gasteiger partial charge in [-0.1, -0.05) is 27.7 Å². The summed E-state index contributed by atoms with van der Waals surface area (Å²) in [5.41, 5.74) is 1.24. The molecule has 0 N–H and O–H groups in total. The molecule has 2 bridgehead atoms. The molecule has 3 aliphatic carbocycles. The first-order valence-corrected chi connectivity index (χ1v) is 6.72. The van der Waals surface area contributed by atoms with E-state index in [1.807, 2.05) is 0 Å². The number of hydrogen-bond acceptors (Lipinski definition) is 0. The molecule has 0 aromatic rings. The zero-order chi connectivity index (χ0) is 10.8. The van der Waals surface area contributed by atoms with Gasteiger partial charge in [0.2, 0.25) is 0 Å². The van der Waals surface area contributed by atoms with Gasteiger partial charge in [-0.25, -0.2) is 0 Å². The van der Waals surface area contributed by atoms with Crippen LogP contribution in [0.1, 0.15) is 53.4 Å². The topological polar surface area (TPSA) is 0 Å². The lowest BCUT2D eigenvalue weighted by Crippen LogP contribution is -2.31. The monoisotopic (exact) mass is 204 g/mol. The first kappa shape index (κ1) is 10.2. The highest BCUT2D eigenvalue weighted by molar-refractivity contribution is 5.16. The maximum absolute atomic E-state index is 3.79. The summed E-state index contributed by atoms with van der Waals surface area (Å²) in [7, 11) is 0. The summed E-state index contributed by atoms with van der Waals surface area (Å²) < 4.78 is 0. The van der Waals surface area contributed by atoms with Crippen molar-refractivity contribution >= 4 is 0 Å². The van der Waals surface area contributed by atoms with Crippen molar-refractivity contribution in [1.29, 1.82) is 0 Å². The Morgan fingerprint density at radius 3 is 2.60 bits per heavy atom. The van der Waals surface area contributed by atoms with Gasteiger partial charge in [0.05, 0.1) is 0 Å². The van der Waals surface area contributed by atoms with Crippen LogP contribution in [-0.4, -0.2) is 0 Å². The van der Waals surface area contributed by atoms with Crippen molar-refractivity contribution in [3.05, 3.63) is 6.42 Å². The molecule has 0 aromatic heterocycles. The fraction of sp³-hybridized carbons (Fsp3) is 0.933. The van der Waals surface area contributed by atoms with E-state index in [4.69, 9.17) is 0 Å². The van der Waals surface area contributed by atoms with Crippen LogP contribution in [0.4, 0.5) is 0 Å². The smallest absolute Gasteiger partial charge is 0.0134 e. The minimum absolute atomic E-state index is 0.577. The Morgan fingerprint density at radius 1 is 1.13 bits per heavy atom. The molecule has 0 heteroatoms. The molecule has 3 saturated carbocycles. The molecule has 15 heavy (non-hydrogen) atoms. The van der Waals surface area contributed by atoms with Crippen molar-refractivity contribution in [3.8, 4) is 0 Å². The minimum atomic E-state index is 0.577. The van der Waals surface area contributed by atoms with Crippen LogP contribution in [0.25, 0.3) is 0 Å². The molecule has 0 heterocycles. The fourth-order valence-electron chi connectivity index (χ4n) is 5.41. The van der Waals surface area contributed by atoms with Gasteiger partial charge in [0, 0.05) is 0 Å². The fourth-order valence-corrected chi connectivity index (χ4v) is 5.41. The van der Waals surface area contributed by atoms with Crippen molar-refractivity contribution in [3.63, 3.8) is 0 Å². The molecular formula is C15H24. The highest BCUT2D eigenvalue weighted by atomic mass is 14.7. The molecule has 0 amide bonds. The molecule has 1 spiro atoms. The van der Waals surface area contributed by atoms with Crippen LogP contribution in [0.15, 0.2) is 0 Å². The molecule has 0 nitrogen and oxygen atoms in total. The highest BCUT2D eigenvalue weighted by Crippen LogP contribution is 2.72. The molecule has 3 aliphatic rings. The number of hydrogen-bond donors (Lipinski definition) is 0. The zero-order valence-corrected chi connectivity index (χ0v) is 10.6. The van der Waals surface area contributed by atoms with Crippen molar-refractivity contribution < 1.29 is 0 Å². The van der Waals surface area contributed by atoms with Crippen molar-refractivity contribution in [2.75, 3.05) is 0 Å². The Balaban J connectivity index is 2.04. The Morgan fingerprint density at radius 2 is 1.87 bits per heavy atom. The SMILES string of the molecule is CC1[C]CC23CC1C(C)(C)C2CCC3C. The highest BCUT2D eigenvalue weighted by Gasteiger charge is 2.64. The average molecular weight is 204 g/mol. The van der Waals surface area contributed by atoms with Crippen molar-refractivity contribution in [1.82, 2.24) is 0 Å². The van der Waals surface area contributed by atoms with E-state index in [2.05, 4.69) is 34.1 Å². The lowest BCUT2D eigenvalue weighted by molar-refractivity contribution is 0.126. The van der Waals surface area contributed by atoms with Crippen molar-refractivity contribution in [2.45, 2.75) is 53.4 Å². The van der Waals surface area contributed by atoms with Gasteiger partial charge < -0.3 is 0 Å². The third-order valence-electron chi connectivity index (χ3n) is 6.37. The molecule has 2 radical (unpaired) electrons. The average Bonchev–Trinajstić information content (AvgIpc) is 2.57. The van der Waals surface area contributed by atoms with Gasteiger partial charge in [-0.15, -0.1) is 0 Å². The van der Waals surface area contributed by atoms with Gasteiger partial charge in [0.15, 0.2) is 0 Å². The third kappa shape index (κ3) is 1.04. The summed E-state index contributed by atoms with van der Waals surface area (Å²) in [4.78, 5) is 0. The third-order valence-corrected chi connectivity index (χ3v) is 6.37. The summed E-state index contributed by atoms with van der Waals surface area (Å²) in [6.45, 7) is 9.96.